The number of nitrogens with zero attached hydrogens (tertiary/aromatic N) is 1. The fourth-order valence-corrected chi connectivity index (χ4v) is 3.57. The molecule has 0 radical (unpaired) electrons. The van der Waals surface area contributed by atoms with Crippen molar-refractivity contribution in [3.05, 3.63) is 28.8 Å². The van der Waals surface area contributed by atoms with Gasteiger partial charge in [0.25, 0.3) is 0 Å². The molecule has 1 aromatic rings. The number of alkyl halides is 3. The maximum absolute atomic E-state index is 10.6. The monoisotopic (exact) mass is 350 g/mol. The first-order valence-electron chi connectivity index (χ1n) is 7.25. The van der Waals surface area contributed by atoms with Crippen LogP contribution in [0.1, 0.15) is 24.8 Å². The average molecular weight is 351 g/mol. The fourth-order valence-electron chi connectivity index (χ4n) is 3.20. The van der Waals surface area contributed by atoms with Crippen molar-refractivity contribution in [1.82, 2.24) is 0 Å². The number of anilines is 1. The van der Waals surface area contributed by atoms with Crippen molar-refractivity contribution in [3.63, 3.8) is 0 Å². The lowest BCUT2D eigenvalue weighted by Gasteiger charge is -2.39. The second-order valence-corrected chi connectivity index (χ2v) is 6.19. The van der Waals surface area contributed by atoms with E-state index in [0.29, 0.717) is 12.0 Å². The van der Waals surface area contributed by atoms with E-state index in [0.717, 1.165) is 18.1 Å². The van der Waals surface area contributed by atoms with Crippen LogP contribution in [0, 0.1) is 0 Å². The Balaban J connectivity index is 0.000000236. The van der Waals surface area contributed by atoms with E-state index in [2.05, 4.69) is 11.0 Å². The van der Waals surface area contributed by atoms with E-state index < -0.39 is 12.1 Å². The summed E-state index contributed by atoms with van der Waals surface area (Å²) in [5.74, 6) is -2.76. The summed E-state index contributed by atoms with van der Waals surface area (Å²) >= 11 is 6.37. The molecule has 1 aromatic carbocycles. The van der Waals surface area contributed by atoms with E-state index in [-0.39, 0.29) is 0 Å². The average Bonchev–Trinajstić information content (AvgIpc) is 2.75. The van der Waals surface area contributed by atoms with Crippen molar-refractivity contribution in [2.75, 3.05) is 24.5 Å². The lowest BCUT2D eigenvalue weighted by atomic mass is 9.66. The van der Waals surface area contributed by atoms with Crippen molar-refractivity contribution >= 4 is 23.3 Å². The molecule has 0 saturated heterocycles. The topological polar surface area (TPSA) is 66.6 Å². The van der Waals surface area contributed by atoms with Gasteiger partial charge in [0, 0.05) is 41.3 Å². The highest BCUT2D eigenvalue weighted by atomic mass is 35.5. The van der Waals surface area contributed by atoms with E-state index in [1.165, 1.54) is 30.5 Å². The van der Waals surface area contributed by atoms with Gasteiger partial charge in [0.1, 0.15) is 0 Å². The van der Waals surface area contributed by atoms with Gasteiger partial charge in [-0.05, 0) is 25.0 Å². The minimum Gasteiger partial charge on any atom is -0.475 e. The maximum Gasteiger partial charge on any atom is 0.490 e. The predicted octanol–water partition coefficient (Wildman–Crippen LogP) is 3.17. The fraction of sp³-hybridized carbons (Fsp3) is 0.533. The summed E-state index contributed by atoms with van der Waals surface area (Å²) in [6, 6.07) is 6.25. The number of rotatable bonds is 2. The summed E-state index contributed by atoms with van der Waals surface area (Å²) in [5, 5.41) is 8.07. The van der Waals surface area contributed by atoms with Gasteiger partial charge < -0.3 is 15.7 Å². The largest absolute Gasteiger partial charge is 0.490 e. The third kappa shape index (κ3) is 3.55. The Bertz CT molecular complexity index is 589. The summed E-state index contributed by atoms with van der Waals surface area (Å²) in [7, 11) is 0. The minimum atomic E-state index is -5.08. The van der Waals surface area contributed by atoms with Crippen LogP contribution in [0.25, 0.3) is 0 Å². The molecule has 0 bridgehead atoms. The van der Waals surface area contributed by atoms with Gasteiger partial charge in [-0.3, -0.25) is 0 Å². The molecule has 0 unspecified atom stereocenters. The normalized spacial score (nSPS) is 18.0. The molecule has 1 aliphatic heterocycles. The molecule has 3 N–H and O–H groups in total. The number of halogens is 4. The van der Waals surface area contributed by atoms with E-state index in [9.17, 15) is 13.2 Å². The molecule has 0 atom stereocenters. The van der Waals surface area contributed by atoms with Crippen molar-refractivity contribution in [2.45, 2.75) is 30.9 Å². The van der Waals surface area contributed by atoms with Crippen LogP contribution in [0.4, 0.5) is 18.9 Å². The van der Waals surface area contributed by atoms with Crippen LogP contribution in [0.2, 0.25) is 5.02 Å². The second-order valence-electron chi connectivity index (χ2n) is 5.78. The number of hydrogen-bond donors (Lipinski definition) is 2. The smallest absolute Gasteiger partial charge is 0.475 e. The van der Waals surface area contributed by atoms with Gasteiger partial charge >= 0.3 is 12.1 Å². The van der Waals surface area contributed by atoms with Gasteiger partial charge in [0.05, 0.1) is 0 Å². The zero-order valence-corrected chi connectivity index (χ0v) is 13.1. The third-order valence-corrected chi connectivity index (χ3v) is 4.62. The Labute approximate surface area is 137 Å². The van der Waals surface area contributed by atoms with Crippen LogP contribution in [0.3, 0.4) is 0 Å². The van der Waals surface area contributed by atoms with E-state index in [1.54, 1.807) is 0 Å². The molecule has 0 amide bonds. The summed E-state index contributed by atoms with van der Waals surface area (Å²) in [4.78, 5) is 11.3. The van der Waals surface area contributed by atoms with Crippen molar-refractivity contribution in [2.24, 2.45) is 5.73 Å². The number of aliphatic carboxylic acids is 1. The Kier molecular flexibility index (Phi) is 5.10. The molecule has 4 nitrogen and oxygen atoms in total. The lowest BCUT2D eigenvalue weighted by molar-refractivity contribution is -0.192. The van der Waals surface area contributed by atoms with Gasteiger partial charge in [-0.1, -0.05) is 24.1 Å². The van der Waals surface area contributed by atoms with Crippen molar-refractivity contribution in [1.29, 1.82) is 0 Å². The standard InChI is InChI=1S/C13H17ClN2.C2HF3O2/c14-10-3-1-4-11-12(10)13(5-2-6-13)9-16(11)8-7-15;3-2(4,5)1(6)7/h1,3-4H,2,5-9,15H2;(H,6,7). The Morgan fingerprint density at radius 2 is 2.00 bits per heavy atom. The van der Waals surface area contributed by atoms with Crippen LogP contribution in [-0.4, -0.2) is 36.9 Å². The molecular formula is C15H18ClF3N2O2. The number of carbonyl (C=O) groups is 1. The second kappa shape index (κ2) is 6.57. The number of benzene rings is 1. The molecule has 23 heavy (non-hydrogen) atoms. The molecular weight excluding hydrogens is 333 g/mol. The van der Waals surface area contributed by atoms with Crippen LogP contribution in [0.5, 0.6) is 0 Å². The number of carboxylic acid groups (broad SMARTS) is 1. The quantitative estimate of drug-likeness (QED) is 0.859. The highest BCUT2D eigenvalue weighted by molar-refractivity contribution is 6.32. The summed E-state index contributed by atoms with van der Waals surface area (Å²) < 4.78 is 31.7. The van der Waals surface area contributed by atoms with Gasteiger partial charge in [-0.25, -0.2) is 4.79 Å². The SMILES string of the molecule is NCCN1CC2(CCC2)c2c(Cl)cccc21.O=C(O)C(F)(F)F. The number of hydrogen-bond acceptors (Lipinski definition) is 3. The zero-order valence-electron chi connectivity index (χ0n) is 12.4. The molecule has 2 aliphatic rings. The number of fused-ring (bicyclic) bond motifs is 2. The van der Waals surface area contributed by atoms with Crippen LogP contribution in [0.15, 0.2) is 18.2 Å². The van der Waals surface area contributed by atoms with Crippen LogP contribution < -0.4 is 10.6 Å². The Morgan fingerprint density at radius 1 is 1.39 bits per heavy atom. The summed E-state index contributed by atoms with van der Waals surface area (Å²) in [6.07, 6.45) is -1.18. The summed E-state index contributed by atoms with van der Waals surface area (Å²) in [6.45, 7) is 2.76. The number of nitrogens with two attached hydrogens (primary N) is 1. The molecule has 128 valence electrons. The molecule has 1 aliphatic carbocycles. The van der Waals surface area contributed by atoms with Gasteiger partial charge in [-0.2, -0.15) is 13.2 Å². The van der Waals surface area contributed by atoms with Crippen LogP contribution >= 0.6 is 11.6 Å². The third-order valence-electron chi connectivity index (χ3n) is 4.31. The van der Waals surface area contributed by atoms with Crippen molar-refractivity contribution < 1.29 is 23.1 Å². The van der Waals surface area contributed by atoms with Crippen molar-refractivity contribution in [3.8, 4) is 0 Å². The van der Waals surface area contributed by atoms with Gasteiger partial charge in [0.2, 0.25) is 0 Å². The Hall–Kier alpha value is -1.47. The maximum atomic E-state index is 10.6. The molecule has 1 heterocycles. The predicted molar refractivity (Wildman–Crippen MR) is 81.9 cm³/mol. The van der Waals surface area contributed by atoms with Crippen LogP contribution in [-0.2, 0) is 10.2 Å². The molecule has 3 rings (SSSR count). The highest BCUT2D eigenvalue weighted by Crippen LogP contribution is 2.54. The highest BCUT2D eigenvalue weighted by Gasteiger charge is 2.47. The first kappa shape index (κ1) is 17.9. The molecule has 1 saturated carbocycles. The van der Waals surface area contributed by atoms with E-state index >= 15 is 0 Å². The Morgan fingerprint density at radius 3 is 2.43 bits per heavy atom. The van der Waals surface area contributed by atoms with E-state index in [1.807, 2.05) is 12.1 Å². The lowest BCUT2D eigenvalue weighted by Crippen LogP contribution is -2.40. The molecule has 1 fully saturated rings. The first-order chi connectivity index (χ1) is 10.7. The molecule has 0 aromatic heterocycles. The molecule has 8 heteroatoms. The summed E-state index contributed by atoms with van der Waals surface area (Å²) in [5.41, 5.74) is 8.73. The van der Waals surface area contributed by atoms with E-state index in [4.69, 9.17) is 27.2 Å². The number of carboxylic acids is 1. The minimum absolute atomic E-state index is 0.350. The van der Waals surface area contributed by atoms with Gasteiger partial charge in [0.15, 0.2) is 0 Å². The van der Waals surface area contributed by atoms with Gasteiger partial charge in [-0.15, -0.1) is 0 Å². The zero-order chi connectivity index (χ0) is 17.3. The molecule has 1 spiro atoms. The first-order valence-corrected chi connectivity index (χ1v) is 7.63.